The third-order valence-electron chi connectivity index (χ3n) is 3.08. The van der Waals surface area contributed by atoms with E-state index < -0.39 is 6.67 Å². The molecule has 0 fully saturated rings. The predicted octanol–water partition coefficient (Wildman–Crippen LogP) is 2.79. The second-order valence-corrected chi connectivity index (χ2v) is 4.46. The van der Waals surface area contributed by atoms with Gasteiger partial charge in [-0.05, 0) is 30.3 Å². The van der Waals surface area contributed by atoms with Crippen LogP contribution in [0.25, 0.3) is 17.0 Å². The van der Waals surface area contributed by atoms with Crippen LogP contribution < -0.4 is 10.1 Å². The van der Waals surface area contributed by atoms with Crippen LogP contribution in [0.15, 0.2) is 42.7 Å². The summed E-state index contributed by atoms with van der Waals surface area (Å²) in [5, 5.41) is 2.98. The van der Waals surface area contributed by atoms with Gasteiger partial charge in [-0.1, -0.05) is 0 Å². The molecule has 2 heterocycles. The Morgan fingerprint density at radius 1 is 1.19 bits per heavy atom. The minimum absolute atomic E-state index is 0.0738. The third-order valence-corrected chi connectivity index (χ3v) is 3.08. The number of ether oxygens (including phenoxy) is 1. The van der Waals surface area contributed by atoms with Crippen LogP contribution in [0.2, 0.25) is 0 Å². The van der Waals surface area contributed by atoms with Crippen LogP contribution in [-0.4, -0.2) is 34.7 Å². The van der Waals surface area contributed by atoms with Gasteiger partial charge in [0.1, 0.15) is 24.8 Å². The van der Waals surface area contributed by atoms with Crippen LogP contribution in [-0.2, 0) is 0 Å². The molecule has 6 heteroatoms. The Morgan fingerprint density at radius 3 is 2.71 bits per heavy atom. The first kappa shape index (κ1) is 13.4. The maximum absolute atomic E-state index is 12.1. The fourth-order valence-electron chi connectivity index (χ4n) is 2.03. The second-order valence-electron chi connectivity index (χ2n) is 4.46. The van der Waals surface area contributed by atoms with Crippen molar-refractivity contribution in [1.29, 1.82) is 0 Å². The van der Waals surface area contributed by atoms with Crippen molar-refractivity contribution in [3.05, 3.63) is 42.7 Å². The van der Waals surface area contributed by atoms with E-state index in [1.165, 1.54) is 0 Å². The molecule has 0 spiro atoms. The molecule has 108 valence electrons. The maximum Gasteiger partial charge on any atom is 0.236 e. The van der Waals surface area contributed by atoms with Crippen LogP contribution in [0, 0.1) is 0 Å². The second kappa shape index (κ2) is 5.78. The Kier molecular flexibility index (Phi) is 3.68. The maximum atomic E-state index is 12.1. The van der Waals surface area contributed by atoms with Crippen LogP contribution in [0.3, 0.4) is 0 Å². The van der Waals surface area contributed by atoms with Crippen LogP contribution in [0.5, 0.6) is 5.75 Å². The van der Waals surface area contributed by atoms with Crippen molar-refractivity contribution in [1.82, 2.24) is 14.4 Å². The van der Waals surface area contributed by atoms with Gasteiger partial charge in [0.2, 0.25) is 5.78 Å². The zero-order valence-electron chi connectivity index (χ0n) is 11.6. The third kappa shape index (κ3) is 2.79. The average Bonchev–Trinajstić information content (AvgIpc) is 2.96. The summed E-state index contributed by atoms with van der Waals surface area (Å²) >= 11 is 0. The number of fused-ring (bicyclic) bond motifs is 1. The van der Waals surface area contributed by atoms with Gasteiger partial charge < -0.3 is 10.1 Å². The van der Waals surface area contributed by atoms with Crippen molar-refractivity contribution in [3.8, 4) is 17.0 Å². The van der Waals surface area contributed by atoms with Gasteiger partial charge in [-0.25, -0.2) is 9.37 Å². The Balaban J connectivity index is 1.89. The molecule has 0 bridgehead atoms. The highest BCUT2D eigenvalue weighted by Gasteiger charge is 2.06. The molecule has 0 aliphatic heterocycles. The lowest BCUT2D eigenvalue weighted by atomic mass is 10.2. The van der Waals surface area contributed by atoms with Gasteiger partial charge in [0.05, 0.1) is 5.69 Å². The van der Waals surface area contributed by atoms with E-state index in [9.17, 15) is 4.39 Å². The van der Waals surface area contributed by atoms with Gasteiger partial charge in [-0.15, -0.1) is 0 Å². The van der Waals surface area contributed by atoms with Gasteiger partial charge >= 0.3 is 0 Å². The number of aromatic nitrogens is 3. The summed E-state index contributed by atoms with van der Waals surface area (Å²) in [5.74, 6) is 2.06. The summed E-state index contributed by atoms with van der Waals surface area (Å²) in [4.78, 5) is 8.87. The molecule has 0 saturated heterocycles. The van der Waals surface area contributed by atoms with Gasteiger partial charge in [-0.3, -0.25) is 4.40 Å². The Bertz CT molecular complexity index is 739. The Hall–Kier alpha value is -2.63. The molecule has 1 aromatic carbocycles. The van der Waals surface area contributed by atoms with Crippen LogP contribution in [0.1, 0.15) is 0 Å². The molecule has 0 atom stereocenters. The fraction of sp³-hybridized carbons (Fsp3) is 0.200. The molecule has 3 rings (SSSR count). The summed E-state index contributed by atoms with van der Waals surface area (Å²) < 4.78 is 19.1. The summed E-state index contributed by atoms with van der Waals surface area (Å²) in [6, 6.07) is 9.29. The van der Waals surface area contributed by atoms with Crippen molar-refractivity contribution in [3.63, 3.8) is 0 Å². The Morgan fingerprint density at radius 2 is 2.00 bits per heavy atom. The predicted molar refractivity (Wildman–Crippen MR) is 79.4 cm³/mol. The number of hydrogen-bond donors (Lipinski definition) is 1. The zero-order valence-corrected chi connectivity index (χ0v) is 11.6. The zero-order chi connectivity index (χ0) is 14.7. The first-order valence-corrected chi connectivity index (χ1v) is 6.63. The first-order valence-electron chi connectivity index (χ1n) is 6.63. The minimum atomic E-state index is -0.492. The van der Waals surface area contributed by atoms with Crippen molar-refractivity contribution in [2.75, 3.05) is 25.6 Å². The average molecular weight is 286 g/mol. The van der Waals surface area contributed by atoms with Crippen molar-refractivity contribution >= 4 is 11.6 Å². The number of imidazole rings is 1. The molecule has 1 N–H and O–H groups in total. The van der Waals surface area contributed by atoms with Gasteiger partial charge in [0, 0.05) is 25.0 Å². The highest BCUT2D eigenvalue weighted by Crippen LogP contribution is 2.22. The summed E-state index contributed by atoms with van der Waals surface area (Å²) in [7, 11) is 1.82. The topological polar surface area (TPSA) is 51.5 Å². The molecule has 0 aliphatic rings. The first-order chi connectivity index (χ1) is 10.3. The number of nitrogens with one attached hydrogen (secondary N) is 1. The van der Waals surface area contributed by atoms with E-state index in [1.54, 1.807) is 0 Å². The molecule has 2 aromatic heterocycles. The normalized spacial score (nSPS) is 10.8. The highest BCUT2D eigenvalue weighted by atomic mass is 19.1. The molecule has 0 unspecified atom stereocenters. The molecular weight excluding hydrogens is 271 g/mol. The van der Waals surface area contributed by atoms with Gasteiger partial charge in [0.25, 0.3) is 0 Å². The van der Waals surface area contributed by atoms with Gasteiger partial charge in [0.15, 0.2) is 0 Å². The van der Waals surface area contributed by atoms with E-state index in [2.05, 4.69) is 15.3 Å². The fourth-order valence-corrected chi connectivity index (χ4v) is 2.03. The van der Waals surface area contributed by atoms with E-state index in [-0.39, 0.29) is 6.61 Å². The molecule has 0 radical (unpaired) electrons. The Labute approximate surface area is 121 Å². The molecule has 0 amide bonds. The number of halogens is 1. The number of hydrogen-bond acceptors (Lipinski definition) is 4. The summed E-state index contributed by atoms with van der Waals surface area (Å²) in [5.41, 5.74) is 1.78. The van der Waals surface area contributed by atoms with E-state index in [1.807, 2.05) is 54.2 Å². The van der Waals surface area contributed by atoms with Crippen LogP contribution >= 0.6 is 0 Å². The lowest BCUT2D eigenvalue weighted by Gasteiger charge is -2.03. The number of rotatable bonds is 5. The standard InChI is InChI=1S/C15H15FN4O/c1-17-14-6-8-20-10-13(18-15(20)19-14)11-2-4-12(5-3-11)21-9-7-16/h2-6,8,10H,7,9H2,1H3,(H,17,18,19). The van der Waals surface area contributed by atoms with Crippen molar-refractivity contribution in [2.24, 2.45) is 0 Å². The van der Waals surface area contributed by atoms with E-state index >= 15 is 0 Å². The summed E-state index contributed by atoms with van der Waals surface area (Å²) in [6.07, 6.45) is 3.82. The monoisotopic (exact) mass is 286 g/mol. The van der Waals surface area contributed by atoms with E-state index in [0.29, 0.717) is 11.5 Å². The summed E-state index contributed by atoms with van der Waals surface area (Å²) in [6.45, 7) is -0.419. The number of benzene rings is 1. The van der Waals surface area contributed by atoms with E-state index in [4.69, 9.17) is 4.74 Å². The molecule has 5 nitrogen and oxygen atoms in total. The van der Waals surface area contributed by atoms with Crippen molar-refractivity contribution in [2.45, 2.75) is 0 Å². The number of anilines is 1. The molecule has 3 aromatic rings. The van der Waals surface area contributed by atoms with Crippen LogP contribution in [0.4, 0.5) is 10.2 Å². The number of nitrogens with zero attached hydrogens (tertiary/aromatic N) is 3. The molecule has 0 saturated carbocycles. The smallest absolute Gasteiger partial charge is 0.236 e. The highest BCUT2D eigenvalue weighted by molar-refractivity contribution is 5.62. The lowest BCUT2D eigenvalue weighted by Crippen LogP contribution is -1.98. The molecule has 0 aliphatic carbocycles. The molecule has 21 heavy (non-hydrogen) atoms. The number of alkyl halides is 1. The quantitative estimate of drug-likeness (QED) is 0.783. The largest absolute Gasteiger partial charge is 0.491 e. The van der Waals surface area contributed by atoms with E-state index in [0.717, 1.165) is 17.1 Å². The van der Waals surface area contributed by atoms with Gasteiger partial charge in [-0.2, -0.15) is 4.98 Å². The minimum Gasteiger partial charge on any atom is -0.491 e. The van der Waals surface area contributed by atoms with Crippen molar-refractivity contribution < 1.29 is 9.13 Å². The molecular formula is C15H15FN4O. The lowest BCUT2D eigenvalue weighted by molar-refractivity contribution is 0.273. The SMILES string of the molecule is CNc1ccn2cc(-c3ccc(OCCF)cc3)nc2n1.